The number of hydrogen-bond donors (Lipinski definition) is 2. The average Bonchev–Trinajstić information content (AvgIpc) is 2.96. The molecule has 3 rings (SSSR count). The van der Waals surface area contributed by atoms with Crippen molar-refractivity contribution in [1.29, 1.82) is 0 Å². The van der Waals surface area contributed by atoms with Gasteiger partial charge in [-0.2, -0.15) is 0 Å². The Morgan fingerprint density at radius 2 is 2.26 bits per heavy atom. The predicted octanol–water partition coefficient (Wildman–Crippen LogP) is 2.22. The Morgan fingerprint density at radius 3 is 3.00 bits per heavy atom. The molecule has 19 heavy (non-hydrogen) atoms. The molecule has 1 aromatic carbocycles. The molecule has 0 bridgehead atoms. The van der Waals surface area contributed by atoms with Crippen LogP contribution in [0.1, 0.15) is 11.3 Å². The van der Waals surface area contributed by atoms with E-state index < -0.39 is 10.0 Å². The highest BCUT2D eigenvalue weighted by atomic mass is 32.2. The molecule has 2 N–H and O–H groups in total. The third-order valence-electron chi connectivity index (χ3n) is 2.94. The van der Waals surface area contributed by atoms with Crippen molar-refractivity contribution in [1.82, 2.24) is 4.98 Å². The molecule has 0 spiro atoms. The molecule has 0 aliphatic carbocycles. The van der Waals surface area contributed by atoms with Crippen LogP contribution in [0.25, 0.3) is 0 Å². The first-order valence-corrected chi connectivity index (χ1v) is 8.23. The van der Waals surface area contributed by atoms with Crippen LogP contribution in [0.3, 0.4) is 0 Å². The van der Waals surface area contributed by atoms with Crippen molar-refractivity contribution >= 4 is 32.2 Å². The molecule has 2 heterocycles. The lowest BCUT2D eigenvalue weighted by Gasteiger charge is -2.07. The highest BCUT2D eigenvalue weighted by Crippen LogP contribution is 2.27. The number of anilines is 2. The minimum Gasteiger partial charge on any atom is -0.384 e. The minimum atomic E-state index is -3.56. The number of hydrogen-bond acceptors (Lipinski definition) is 5. The lowest BCUT2D eigenvalue weighted by atomic mass is 10.2. The largest absolute Gasteiger partial charge is 0.384 e. The van der Waals surface area contributed by atoms with Crippen molar-refractivity contribution in [2.75, 3.05) is 16.6 Å². The van der Waals surface area contributed by atoms with Gasteiger partial charge in [-0.3, -0.25) is 4.72 Å². The molecule has 0 radical (unpaired) electrons. The lowest BCUT2D eigenvalue weighted by Crippen LogP contribution is -2.13. The second kappa shape index (κ2) is 4.50. The monoisotopic (exact) mass is 295 g/mol. The molecule has 0 atom stereocenters. The summed E-state index contributed by atoms with van der Waals surface area (Å²) in [5.74, 6) is 0. The zero-order chi connectivity index (χ0) is 13.5. The number of nitrogens with zero attached hydrogens (tertiary/aromatic N) is 1. The van der Waals surface area contributed by atoms with E-state index in [9.17, 15) is 8.42 Å². The van der Waals surface area contributed by atoms with Gasteiger partial charge in [-0.05, 0) is 31.0 Å². The fraction of sp³-hybridized carbons (Fsp3) is 0.250. The summed E-state index contributed by atoms with van der Waals surface area (Å²) in [5.41, 5.74) is 2.86. The van der Waals surface area contributed by atoms with Gasteiger partial charge in [0.2, 0.25) is 0 Å². The summed E-state index contributed by atoms with van der Waals surface area (Å²) in [4.78, 5) is 4.36. The van der Waals surface area contributed by atoms with Crippen LogP contribution in [-0.4, -0.2) is 19.9 Å². The van der Waals surface area contributed by atoms with Crippen LogP contribution in [0, 0.1) is 6.92 Å². The zero-order valence-electron chi connectivity index (χ0n) is 10.3. The van der Waals surface area contributed by atoms with Gasteiger partial charge in [0, 0.05) is 17.6 Å². The second-order valence-corrected chi connectivity index (χ2v) is 6.94. The number of sulfonamides is 1. The Labute approximate surface area is 115 Å². The topological polar surface area (TPSA) is 71.1 Å². The van der Waals surface area contributed by atoms with Crippen molar-refractivity contribution in [2.45, 2.75) is 18.2 Å². The van der Waals surface area contributed by atoms with Gasteiger partial charge in [0.1, 0.15) is 0 Å². The van der Waals surface area contributed by atoms with Gasteiger partial charge in [0.15, 0.2) is 5.13 Å². The smallest absolute Gasteiger partial charge is 0.263 e. The van der Waals surface area contributed by atoms with Gasteiger partial charge in [-0.15, -0.1) is 11.3 Å². The third kappa shape index (κ3) is 2.43. The highest BCUT2D eigenvalue weighted by Gasteiger charge is 2.19. The molecule has 5 nitrogen and oxygen atoms in total. The Balaban J connectivity index is 1.92. The highest BCUT2D eigenvalue weighted by molar-refractivity contribution is 7.93. The number of benzene rings is 1. The van der Waals surface area contributed by atoms with E-state index in [0.29, 0.717) is 5.13 Å². The number of nitrogens with one attached hydrogen (secondary N) is 2. The first kappa shape index (κ1) is 12.4. The summed E-state index contributed by atoms with van der Waals surface area (Å²) in [7, 11) is -3.56. The van der Waals surface area contributed by atoms with Gasteiger partial charge in [-0.1, -0.05) is 6.07 Å². The molecule has 0 unspecified atom stereocenters. The number of aromatic nitrogens is 1. The van der Waals surface area contributed by atoms with Crippen LogP contribution in [0.5, 0.6) is 0 Å². The molecule has 1 aliphatic heterocycles. The van der Waals surface area contributed by atoms with Crippen LogP contribution in [0.15, 0.2) is 28.5 Å². The van der Waals surface area contributed by atoms with E-state index >= 15 is 0 Å². The van der Waals surface area contributed by atoms with Crippen molar-refractivity contribution < 1.29 is 8.42 Å². The Bertz CT molecular complexity index is 722. The Kier molecular flexibility index (Phi) is 2.94. The standard InChI is InChI=1S/C12H13N3O2S2/c1-8-7-18-12(14-8)15-19(16,17)10-3-2-9-4-5-13-11(9)6-10/h2-3,6-7,13H,4-5H2,1H3,(H,14,15). The predicted molar refractivity (Wildman–Crippen MR) is 76.3 cm³/mol. The molecule has 0 saturated heterocycles. The van der Waals surface area contributed by atoms with Crippen molar-refractivity contribution in [2.24, 2.45) is 0 Å². The summed E-state index contributed by atoms with van der Waals surface area (Å²) in [6, 6.07) is 5.16. The number of fused-ring (bicyclic) bond motifs is 1. The minimum absolute atomic E-state index is 0.258. The fourth-order valence-corrected chi connectivity index (χ4v) is 3.98. The maximum atomic E-state index is 12.2. The molecule has 0 fully saturated rings. The maximum absolute atomic E-state index is 12.2. The van der Waals surface area contributed by atoms with E-state index in [1.54, 1.807) is 12.1 Å². The van der Waals surface area contributed by atoms with E-state index in [0.717, 1.165) is 29.9 Å². The molecule has 2 aromatic rings. The van der Waals surface area contributed by atoms with Gasteiger partial charge in [-0.25, -0.2) is 13.4 Å². The van der Waals surface area contributed by atoms with Gasteiger partial charge < -0.3 is 5.32 Å². The van der Waals surface area contributed by atoms with E-state index in [-0.39, 0.29) is 4.90 Å². The summed E-state index contributed by atoms with van der Waals surface area (Å²) in [5, 5.41) is 5.38. The summed E-state index contributed by atoms with van der Waals surface area (Å²) >= 11 is 1.28. The van der Waals surface area contributed by atoms with Crippen LogP contribution >= 0.6 is 11.3 Å². The summed E-state index contributed by atoms with van der Waals surface area (Å²) in [6.07, 6.45) is 0.939. The quantitative estimate of drug-likeness (QED) is 0.911. The molecule has 7 heteroatoms. The first-order chi connectivity index (χ1) is 9.04. The van der Waals surface area contributed by atoms with E-state index in [1.807, 2.05) is 18.4 Å². The van der Waals surface area contributed by atoms with Gasteiger partial charge in [0.25, 0.3) is 10.0 Å². The van der Waals surface area contributed by atoms with Crippen molar-refractivity contribution in [3.05, 3.63) is 34.8 Å². The summed E-state index contributed by atoms with van der Waals surface area (Å²) in [6.45, 7) is 2.69. The number of rotatable bonds is 3. The Hall–Kier alpha value is -1.60. The molecule has 0 saturated carbocycles. The second-order valence-electron chi connectivity index (χ2n) is 4.40. The van der Waals surface area contributed by atoms with Crippen LogP contribution in [0.2, 0.25) is 0 Å². The van der Waals surface area contributed by atoms with E-state index in [2.05, 4.69) is 15.0 Å². The molecular weight excluding hydrogens is 282 g/mol. The molecule has 1 aliphatic rings. The fourth-order valence-electron chi connectivity index (χ4n) is 2.01. The first-order valence-electron chi connectivity index (χ1n) is 5.86. The number of thiazole rings is 1. The number of aryl methyl sites for hydroxylation is 1. The van der Waals surface area contributed by atoms with Gasteiger partial charge >= 0.3 is 0 Å². The SMILES string of the molecule is Cc1csc(NS(=O)(=O)c2ccc3c(c2)NCC3)n1. The Morgan fingerprint density at radius 1 is 1.42 bits per heavy atom. The van der Waals surface area contributed by atoms with Crippen molar-refractivity contribution in [3.8, 4) is 0 Å². The maximum Gasteiger partial charge on any atom is 0.263 e. The molecule has 0 amide bonds. The normalized spacial score (nSPS) is 13.9. The van der Waals surface area contributed by atoms with Crippen molar-refractivity contribution in [3.63, 3.8) is 0 Å². The molecule has 1 aromatic heterocycles. The zero-order valence-corrected chi connectivity index (χ0v) is 11.9. The van der Waals surface area contributed by atoms with Crippen LogP contribution < -0.4 is 10.0 Å². The molecular formula is C12H13N3O2S2. The van der Waals surface area contributed by atoms with Crippen LogP contribution in [-0.2, 0) is 16.4 Å². The van der Waals surface area contributed by atoms with E-state index in [4.69, 9.17) is 0 Å². The van der Waals surface area contributed by atoms with E-state index in [1.165, 1.54) is 11.3 Å². The lowest BCUT2D eigenvalue weighted by molar-refractivity contribution is 0.601. The van der Waals surface area contributed by atoms with Gasteiger partial charge in [0.05, 0.1) is 10.6 Å². The third-order valence-corrected chi connectivity index (χ3v) is 5.28. The van der Waals surface area contributed by atoms with Crippen LogP contribution in [0.4, 0.5) is 10.8 Å². The molecule has 100 valence electrons. The average molecular weight is 295 g/mol. The summed E-state index contributed by atoms with van der Waals surface area (Å²) < 4.78 is 27.0.